The summed E-state index contributed by atoms with van der Waals surface area (Å²) in [4.78, 5) is 10.6. The summed E-state index contributed by atoms with van der Waals surface area (Å²) in [5, 5.41) is 8.74. The lowest BCUT2D eigenvalue weighted by molar-refractivity contribution is -0.136. The van der Waals surface area contributed by atoms with Crippen molar-refractivity contribution in [3.8, 4) is 0 Å². The Morgan fingerprint density at radius 1 is 1.20 bits per heavy atom. The van der Waals surface area contributed by atoms with E-state index in [1.807, 2.05) is 24.3 Å². The van der Waals surface area contributed by atoms with Crippen LogP contribution in [0.2, 0.25) is 0 Å². The Balaban J connectivity index is 1.85. The minimum Gasteiger partial charge on any atom is -0.481 e. The fourth-order valence-electron chi connectivity index (χ4n) is 2.99. The molecule has 20 heavy (non-hydrogen) atoms. The molecule has 0 aromatic heterocycles. The van der Waals surface area contributed by atoms with Crippen LogP contribution in [0.4, 0.5) is 0 Å². The highest BCUT2D eigenvalue weighted by atomic mass is 16.5. The Bertz CT molecular complexity index is 424. The van der Waals surface area contributed by atoms with Gasteiger partial charge in [0.25, 0.3) is 0 Å². The fourth-order valence-corrected chi connectivity index (χ4v) is 2.99. The standard InChI is InChI=1S/C17H24O3/c1-2-15-5-3-4-6-16(15)20-12-14-9-7-13(8-10-14)11-17(18)19/h7-10,15-16H,2-6,11-12H2,1H3,(H,18,19). The van der Waals surface area contributed by atoms with Crippen LogP contribution >= 0.6 is 0 Å². The molecule has 3 nitrogen and oxygen atoms in total. The number of benzene rings is 1. The van der Waals surface area contributed by atoms with Gasteiger partial charge in [0.15, 0.2) is 0 Å². The molecule has 0 amide bonds. The molecule has 2 unspecified atom stereocenters. The van der Waals surface area contributed by atoms with E-state index < -0.39 is 5.97 Å². The molecule has 0 spiro atoms. The molecule has 1 aliphatic carbocycles. The van der Waals surface area contributed by atoms with Crippen molar-refractivity contribution in [2.45, 2.75) is 58.2 Å². The van der Waals surface area contributed by atoms with Gasteiger partial charge in [-0.25, -0.2) is 0 Å². The molecule has 0 bridgehead atoms. The van der Waals surface area contributed by atoms with Gasteiger partial charge in [0.2, 0.25) is 0 Å². The lowest BCUT2D eigenvalue weighted by Crippen LogP contribution is -2.27. The monoisotopic (exact) mass is 276 g/mol. The largest absolute Gasteiger partial charge is 0.481 e. The van der Waals surface area contributed by atoms with Crippen molar-refractivity contribution in [1.29, 1.82) is 0 Å². The Kier molecular flexibility index (Phi) is 5.60. The maximum absolute atomic E-state index is 10.6. The Hall–Kier alpha value is -1.35. The molecule has 2 atom stereocenters. The normalized spacial score (nSPS) is 22.6. The van der Waals surface area contributed by atoms with Gasteiger partial charge in [-0.3, -0.25) is 4.79 Å². The van der Waals surface area contributed by atoms with E-state index in [1.54, 1.807) is 0 Å². The van der Waals surface area contributed by atoms with Crippen LogP contribution in [0.15, 0.2) is 24.3 Å². The first kappa shape index (κ1) is 15.0. The molecule has 1 saturated carbocycles. The average Bonchev–Trinajstić information content (AvgIpc) is 2.46. The molecule has 0 radical (unpaired) electrons. The molecule has 1 aromatic rings. The highest BCUT2D eigenvalue weighted by molar-refractivity contribution is 5.70. The molecule has 0 heterocycles. The number of hydrogen-bond donors (Lipinski definition) is 1. The number of carbonyl (C=O) groups is 1. The number of aliphatic carboxylic acids is 1. The number of ether oxygens (including phenoxy) is 1. The van der Waals surface area contributed by atoms with Crippen molar-refractivity contribution in [3.05, 3.63) is 35.4 Å². The number of carboxylic acid groups (broad SMARTS) is 1. The van der Waals surface area contributed by atoms with Crippen LogP contribution in [0.25, 0.3) is 0 Å². The SMILES string of the molecule is CCC1CCCCC1OCc1ccc(CC(=O)O)cc1. The lowest BCUT2D eigenvalue weighted by atomic mass is 9.85. The predicted molar refractivity (Wildman–Crippen MR) is 78.6 cm³/mol. The van der Waals surface area contributed by atoms with Crippen LogP contribution < -0.4 is 0 Å². The summed E-state index contributed by atoms with van der Waals surface area (Å²) in [6.45, 7) is 2.88. The second kappa shape index (κ2) is 7.44. The van der Waals surface area contributed by atoms with Crippen LogP contribution in [0.5, 0.6) is 0 Å². The minimum atomic E-state index is -0.790. The average molecular weight is 276 g/mol. The van der Waals surface area contributed by atoms with Crippen molar-refractivity contribution in [3.63, 3.8) is 0 Å². The van der Waals surface area contributed by atoms with E-state index in [-0.39, 0.29) is 6.42 Å². The molecule has 1 aliphatic rings. The molecule has 1 aromatic carbocycles. The van der Waals surface area contributed by atoms with Gasteiger partial charge >= 0.3 is 5.97 Å². The number of carboxylic acids is 1. The van der Waals surface area contributed by atoms with Gasteiger partial charge in [-0.2, -0.15) is 0 Å². The highest BCUT2D eigenvalue weighted by Crippen LogP contribution is 2.29. The third kappa shape index (κ3) is 4.34. The highest BCUT2D eigenvalue weighted by Gasteiger charge is 2.24. The van der Waals surface area contributed by atoms with Crippen LogP contribution in [0, 0.1) is 5.92 Å². The molecule has 2 rings (SSSR count). The van der Waals surface area contributed by atoms with Crippen molar-refractivity contribution in [2.24, 2.45) is 5.92 Å². The quantitative estimate of drug-likeness (QED) is 0.859. The molecular formula is C17H24O3. The van der Waals surface area contributed by atoms with Crippen molar-refractivity contribution >= 4 is 5.97 Å². The van der Waals surface area contributed by atoms with Crippen LogP contribution in [-0.4, -0.2) is 17.2 Å². The molecule has 3 heteroatoms. The smallest absolute Gasteiger partial charge is 0.307 e. The summed E-state index contributed by atoms with van der Waals surface area (Å²) < 4.78 is 6.08. The Morgan fingerprint density at radius 2 is 1.85 bits per heavy atom. The van der Waals surface area contributed by atoms with Crippen LogP contribution in [0.1, 0.15) is 50.2 Å². The summed E-state index contributed by atoms with van der Waals surface area (Å²) in [6.07, 6.45) is 6.76. The first-order valence-corrected chi connectivity index (χ1v) is 7.60. The van der Waals surface area contributed by atoms with Crippen molar-refractivity contribution < 1.29 is 14.6 Å². The fraction of sp³-hybridized carbons (Fsp3) is 0.588. The van der Waals surface area contributed by atoms with E-state index in [9.17, 15) is 4.79 Å². The van der Waals surface area contributed by atoms with Crippen LogP contribution in [-0.2, 0) is 22.6 Å². The zero-order valence-corrected chi connectivity index (χ0v) is 12.2. The second-order valence-corrected chi connectivity index (χ2v) is 5.69. The molecule has 0 aliphatic heterocycles. The second-order valence-electron chi connectivity index (χ2n) is 5.69. The molecule has 1 N–H and O–H groups in total. The topological polar surface area (TPSA) is 46.5 Å². The summed E-state index contributed by atoms with van der Waals surface area (Å²) in [5.74, 6) is -0.0861. The van der Waals surface area contributed by atoms with Gasteiger partial charge in [-0.15, -0.1) is 0 Å². The van der Waals surface area contributed by atoms with E-state index in [0.717, 1.165) is 11.1 Å². The van der Waals surface area contributed by atoms with Gasteiger partial charge < -0.3 is 9.84 Å². The molecule has 110 valence electrons. The van der Waals surface area contributed by atoms with Crippen molar-refractivity contribution in [1.82, 2.24) is 0 Å². The summed E-state index contributed by atoms with van der Waals surface area (Å²) in [6, 6.07) is 7.71. The lowest BCUT2D eigenvalue weighted by Gasteiger charge is -2.30. The number of hydrogen-bond acceptors (Lipinski definition) is 2. The van der Waals surface area contributed by atoms with Crippen LogP contribution in [0.3, 0.4) is 0 Å². The number of rotatable bonds is 6. The van der Waals surface area contributed by atoms with Gasteiger partial charge in [0, 0.05) is 0 Å². The van der Waals surface area contributed by atoms with E-state index in [0.29, 0.717) is 18.6 Å². The third-order valence-electron chi connectivity index (χ3n) is 4.21. The van der Waals surface area contributed by atoms with Gasteiger partial charge in [0.05, 0.1) is 19.1 Å². The Morgan fingerprint density at radius 3 is 2.50 bits per heavy atom. The van der Waals surface area contributed by atoms with E-state index >= 15 is 0 Å². The minimum absolute atomic E-state index is 0.0850. The third-order valence-corrected chi connectivity index (χ3v) is 4.21. The van der Waals surface area contributed by atoms with Gasteiger partial charge in [0.1, 0.15) is 0 Å². The first-order chi connectivity index (χ1) is 9.69. The predicted octanol–water partition coefficient (Wildman–Crippen LogP) is 3.80. The zero-order chi connectivity index (χ0) is 14.4. The molecule has 1 fully saturated rings. The summed E-state index contributed by atoms with van der Waals surface area (Å²) in [7, 11) is 0. The Labute approximate surface area is 121 Å². The van der Waals surface area contributed by atoms with Gasteiger partial charge in [-0.1, -0.05) is 50.5 Å². The first-order valence-electron chi connectivity index (χ1n) is 7.60. The molecule has 0 saturated heterocycles. The maximum atomic E-state index is 10.6. The summed E-state index contributed by atoms with van der Waals surface area (Å²) >= 11 is 0. The van der Waals surface area contributed by atoms with E-state index in [4.69, 9.17) is 9.84 Å². The summed E-state index contributed by atoms with van der Waals surface area (Å²) in [5.41, 5.74) is 1.96. The molecular weight excluding hydrogens is 252 g/mol. The van der Waals surface area contributed by atoms with Gasteiger partial charge in [-0.05, 0) is 29.9 Å². The zero-order valence-electron chi connectivity index (χ0n) is 12.2. The maximum Gasteiger partial charge on any atom is 0.307 e. The van der Waals surface area contributed by atoms with E-state index in [2.05, 4.69) is 6.92 Å². The van der Waals surface area contributed by atoms with Crippen molar-refractivity contribution in [2.75, 3.05) is 0 Å². The van der Waals surface area contributed by atoms with E-state index in [1.165, 1.54) is 32.1 Å².